The Morgan fingerprint density at radius 1 is 1.16 bits per heavy atom. The van der Waals surface area contributed by atoms with Gasteiger partial charge in [-0.05, 0) is 41.8 Å². The van der Waals surface area contributed by atoms with Gasteiger partial charge in [0, 0.05) is 34.2 Å². The van der Waals surface area contributed by atoms with Gasteiger partial charge in [-0.2, -0.15) is 0 Å². The molecule has 32 heavy (non-hydrogen) atoms. The molecule has 0 saturated heterocycles. The first kappa shape index (κ1) is 22.4. The Morgan fingerprint density at radius 3 is 2.75 bits per heavy atom. The highest BCUT2D eigenvalue weighted by Crippen LogP contribution is 2.28. The number of hydrogen-bond acceptors (Lipinski definition) is 6. The number of carbonyl (C=O) groups excluding carboxylic acids is 1. The van der Waals surface area contributed by atoms with Crippen molar-refractivity contribution in [2.24, 2.45) is 0 Å². The van der Waals surface area contributed by atoms with Crippen molar-refractivity contribution < 1.29 is 9.53 Å². The number of para-hydroxylation sites is 1. The average Bonchev–Trinajstić information content (AvgIpc) is 3.45. The molecule has 2 aromatic carbocycles. The highest BCUT2D eigenvalue weighted by atomic mass is 35.5. The van der Waals surface area contributed by atoms with Crippen LogP contribution in [-0.2, 0) is 11.2 Å². The Morgan fingerprint density at radius 2 is 2.00 bits per heavy atom. The zero-order valence-corrected chi connectivity index (χ0v) is 19.7. The minimum absolute atomic E-state index is 0.123. The fraction of sp³-hybridized carbons (Fsp3) is 0.174. The van der Waals surface area contributed by atoms with Gasteiger partial charge in [0.2, 0.25) is 5.91 Å². The number of nitrogens with one attached hydrogen (secondary N) is 1. The van der Waals surface area contributed by atoms with Gasteiger partial charge in [0.15, 0.2) is 5.16 Å². The minimum Gasteiger partial charge on any atom is -0.495 e. The fourth-order valence-corrected chi connectivity index (χ4v) is 4.92. The number of nitrogens with zero attached hydrogens (tertiary/aromatic N) is 3. The van der Waals surface area contributed by atoms with Crippen molar-refractivity contribution in [2.75, 3.05) is 18.2 Å². The summed E-state index contributed by atoms with van der Waals surface area (Å²) in [5.41, 5.74) is 1.56. The molecule has 2 aromatic heterocycles. The van der Waals surface area contributed by atoms with Gasteiger partial charge in [-0.25, -0.2) is 0 Å². The quantitative estimate of drug-likeness (QED) is 0.308. The smallest absolute Gasteiger partial charge is 0.225 e. The molecule has 0 aliphatic carbocycles. The van der Waals surface area contributed by atoms with Crippen LogP contribution in [0.5, 0.6) is 5.75 Å². The molecule has 0 aliphatic heterocycles. The molecular formula is C23H21ClN4O2S2. The number of carbonyl (C=O) groups is 1. The highest BCUT2D eigenvalue weighted by molar-refractivity contribution is 7.99. The van der Waals surface area contributed by atoms with E-state index in [1.165, 1.54) is 16.6 Å². The maximum atomic E-state index is 12.5. The number of benzene rings is 2. The van der Waals surface area contributed by atoms with Gasteiger partial charge in [-0.3, -0.25) is 9.36 Å². The Hall–Kier alpha value is -2.81. The maximum Gasteiger partial charge on any atom is 0.225 e. The molecule has 4 aromatic rings. The largest absolute Gasteiger partial charge is 0.495 e. The number of amides is 1. The topological polar surface area (TPSA) is 69.0 Å². The summed E-state index contributed by atoms with van der Waals surface area (Å²) < 4.78 is 7.34. The second-order valence-electron chi connectivity index (χ2n) is 6.82. The molecule has 0 aliphatic rings. The first-order chi connectivity index (χ1) is 15.6. The maximum absolute atomic E-state index is 12.5. The van der Waals surface area contributed by atoms with Crippen LogP contribution in [0.3, 0.4) is 0 Å². The van der Waals surface area contributed by atoms with Gasteiger partial charge in [-0.15, -0.1) is 21.5 Å². The van der Waals surface area contributed by atoms with Crippen LogP contribution in [0.15, 0.2) is 71.2 Å². The molecule has 2 heterocycles. The number of hydrogen-bond donors (Lipinski definition) is 1. The normalized spacial score (nSPS) is 10.8. The summed E-state index contributed by atoms with van der Waals surface area (Å²) >= 11 is 9.24. The van der Waals surface area contributed by atoms with E-state index < -0.39 is 0 Å². The summed E-state index contributed by atoms with van der Waals surface area (Å²) in [5, 5.41) is 15.1. The van der Waals surface area contributed by atoms with E-state index >= 15 is 0 Å². The second kappa shape index (κ2) is 10.7. The summed E-state index contributed by atoms with van der Waals surface area (Å²) in [6.07, 6.45) is 1.01. The summed E-state index contributed by atoms with van der Waals surface area (Å²) in [5.74, 6) is 1.87. The van der Waals surface area contributed by atoms with E-state index in [9.17, 15) is 4.79 Å². The summed E-state index contributed by atoms with van der Waals surface area (Å²) in [6.45, 7) is 0. The molecule has 4 rings (SSSR count). The van der Waals surface area contributed by atoms with Gasteiger partial charge in [-0.1, -0.05) is 47.6 Å². The monoisotopic (exact) mass is 484 g/mol. The number of halogens is 1. The lowest BCUT2D eigenvalue weighted by molar-refractivity contribution is -0.115. The molecular weight excluding hydrogens is 464 g/mol. The van der Waals surface area contributed by atoms with Gasteiger partial charge in [0.05, 0.1) is 12.8 Å². The number of thiophene rings is 1. The van der Waals surface area contributed by atoms with Crippen molar-refractivity contribution >= 4 is 46.3 Å². The second-order valence-corrected chi connectivity index (χ2v) is 9.35. The van der Waals surface area contributed by atoms with Crippen LogP contribution in [0.25, 0.3) is 5.69 Å². The van der Waals surface area contributed by atoms with Crippen LogP contribution in [0.4, 0.5) is 5.69 Å². The van der Waals surface area contributed by atoms with Crippen molar-refractivity contribution in [3.8, 4) is 11.4 Å². The van der Waals surface area contributed by atoms with E-state index in [2.05, 4.69) is 31.5 Å². The third-order valence-corrected chi connectivity index (χ3v) is 6.67. The van der Waals surface area contributed by atoms with Crippen molar-refractivity contribution in [3.05, 3.63) is 81.8 Å². The predicted molar refractivity (Wildman–Crippen MR) is 130 cm³/mol. The third-order valence-electron chi connectivity index (χ3n) is 4.62. The summed E-state index contributed by atoms with van der Waals surface area (Å²) in [7, 11) is 1.55. The summed E-state index contributed by atoms with van der Waals surface area (Å²) in [4.78, 5) is 13.7. The number of aromatic nitrogens is 3. The lowest BCUT2D eigenvalue weighted by Gasteiger charge is -2.11. The molecule has 0 unspecified atom stereocenters. The predicted octanol–water partition coefficient (Wildman–Crippen LogP) is 5.70. The first-order valence-electron chi connectivity index (χ1n) is 9.92. The molecule has 0 fully saturated rings. The van der Waals surface area contributed by atoms with E-state index in [0.29, 0.717) is 35.1 Å². The lowest BCUT2D eigenvalue weighted by Crippen LogP contribution is -2.13. The molecule has 164 valence electrons. The molecule has 1 N–H and O–H groups in total. The number of ether oxygens (including phenoxy) is 1. The molecule has 0 atom stereocenters. The third kappa shape index (κ3) is 5.51. The Labute approximate surface area is 199 Å². The Kier molecular flexibility index (Phi) is 7.47. The minimum atomic E-state index is -0.123. The van der Waals surface area contributed by atoms with E-state index in [1.807, 2.05) is 36.4 Å². The van der Waals surface area contributed by atoms with Crippen molar-refractivity contribution in [3.63, 3.8) is 0 Å². The first-order valence-corrected chi connectivity index (χ1v) is 12.2. The van der Waals surface area contributed by atoms with Crippen molar-refractivity contribution in [1.29, 1.82) is 0 Å². The fourth-order valence-electron chi connectivity index (χ4n) is 3.14. The van der Waals surface area contributed by atoms with Crippen LogP contribution in [0.2, 0.25) is 5.02 Å². The highest BCUT2D eigenvalue weighted by Gasteiger charge is 2.16. The van der Waals surface area contributed by atoms with Crippen molar-refractivity contribution in [1.82, 2.24) is 14.8 Å². The molecule has 6 nitrogen and oxygen atoms in total. The van der Waals surface area contributed by atoms with Crippen molar-refractivity contribution in [2.45, 2.75) is 18.0 Å². The number of methoxy groups -OCH3 is 1. The van der Waals surface area contributed by atoms with E-state index in [-0.39, 0.29) is 5.91 Å². The number of rotatable bonds is 9. The standard InChI is InChI=1S/C23H21ClN4O2S2/c1-30-20-10-9-16(24)14-19(20)25-22(29)11-13-32-23-27-26-21(15-18-8-5-12-31-18)28(23)17-6-3-2-4-7-17/h2-10,12,14H,11,13,15H2,1H3,(H,25,29). The molecule has 0 spiro atoms. The van der Waals surface area contributed by atoms with Crippen LogP contribution in [0.1, 0.15) is 17.1 Å². The molecule has 0 radical (unpaired) electrons. The Balaban J connectivity index is 1.45. The van der Waals surface area contributed by atoms with Crippen LogP contribution in [0, 0.1) is 0 Å². The number of thioether (sulfide) groups is 1. The van der Waals surface area contributed by atoms with Gasteiger partial charge < -0.3 is 10.1 Å². The number of anilines is 1. The van der Waals surface area contributed by atoms with Gasteiger partial charge in [0.25, 0.3) is 0 Å². The van der Waals surface area contributed by atoms with Gasteiger partial charge in [0.1, 0.15) is 11.6 Å². The Bertz CT molecular complexity index is 1180. The zero-order chi connectivity index (χ0) is 22.3. The molecule has 9 heteroatoms. The lowest BCUT2D eigenvalue weighted by atomic mass is 10.3. The van der Waals surface area contributed by atoms with E-state index in [0.717, 1.165) is 16.7 Å². The molecule has 0 bridgehead atoms. The summed E-state index contributed by atoms with van der Waals surface area (Å²) in [6, 6.07) is 19.3. The zero-order valence-electron chi connectivity index (χ0n) is 17.3. The van der Waals surface area contributed by atoms with Gasteiger partial charge >= 0.3 is 0 Å². The van der Waals surface area contributed by atoms with Crippen LogP contribution < -0.4 is 10.1 Å². The van der Waals surface area contributed by atoms with E-state index in [1.54, 1.807) is 36.6 Å². The van der Waals surface area contributed by atoms with Crippen LogP contribution >= 0.6 is 34.7 Å². The van der Waals surface area contributed by atoms with E-state index in [4.69, 9.17) is 16.3 Å². The molecule has 1 amide bonds. The molecule has 0 saturated carbocycles. The average molecular weight is 485 g/mol. The van der Waals surface area contributed by atoms with Crippen LogP contribution in [-0.4, -0.2) is 33.5 Å². The SMILES string of the molecule is COc1ccc(Cl)cc1NC(=O)CCSc1nnc(Cc2cccs2)n1-c1ccccc1.